The largest absolute Gasteiger partial charge is 0.489 e. The summed E-state index contributed by atoms with van der Waals surface area (Å²) in [6.45, 7) is 2.07. The fraction of sp³-hybridized carbons (Fsp3) is 0.333. The van der Waals surface area contributed by atoms with Gasteiger partial charge in [-0.2, -0.15) is 23.4 Å². The number of aromatic nitrogens is 2. The quantitative estimate of drug-likeness (QED) is 0.505. The number of alkyl halides is 3. The van der Waals surface area contributed by atoms with Crippen molar-refractivity contribution >= 4 is 23.2 Å². The molecule has 5 rings (SSSR count). The monoisotopic (exact) mass is 525 g/mol. The van der Waals surface area contributed by atoms with E-state index in [0.717, 1.165) is 17.8 Å². The highest BCUT2D eigenvalue weighted by Crippen LogP contribution is 2.30. The van der Waals surface area contributed by atoms with Gasteiger partial charge in [0.2, 0.25) is 11.8 Å². The number of hydrogen-bond donors (Lipinski definition) is 1. The minimum Gasteiger partial charge on any atom is -0.489 e. The Balaban J connectivity index is 1.07. The molecule has 0 bridgehead atoms. The number of ether oxygens (including phenoxy) is 1. The fourth-order valence-corrected chi connectivity index (χ4v) is 4.57. The molecular formula is C27H26F3N5O3. The van der Waals surface area contributed by atoms with Crippen LogP contribution in [0.5, 0.6) is 5.75 Å². The van der Waals surface area contributed by atoms with Crippen molar-refractivity contribution < 1.29 is 27.5 Å². The van der Waals surface area contributed by atoms with E-state index in [1.165, 1.54) is 12.1 Å². The molecular weight excluding hydrogens is 499 g/mol. The molecule has 2 aliphatic heterocycles. The lowest BCUT2D eigenvalue weighted by Gasteiger charge is -2.39. The predicted octanol–water partition coefficient (Wildman–Crippen LogP) is 3.79. The van der Waals surface area contributed by atoms with Gasteiger partial charge in [-0.25, -0.2) is 0 Å². The number of benzene rings is 2. The minimum atomic E-state index is -4.44. The lowest BCUT2D eigenvalue weighted by Crippen LogP contribution is -2.52. The molecule has 0 aliphatic carbocycles. The number of amides is 2. The molecule has 198 valence electrons. The number of nitrogens with zero attached hydrogens (tertiary/aromatic N) is 4. The first kappa shape index (κ1) is 25.5. The summed E-state index contributed by atoms with van der Waals surface area (Å²) in [5.74, 6) is 0.211. The van der Waals surface area contributed by atoms with E-state index in [1.54, 1.807) is 41.6 Å². The molecule has 3 heterocycles. The zero-order chi connectivity index (χ0) is 26.7. The molecule has 3 aromatic rings. The van der Waals surface area contributed by atoms with Gasteiger partial charge in [0.15, 0.2) is 0 Å². The van der Waals surface area contributed by atoms with E-state index in [0.29, 0.717) is 49.6 Å². The molecule has 2 aliphatic rings. The zero-order valence-corrected chi connectivity index (χ0v) is 20.4. The summed E-state index contributed by atoms with van der Waals surface area (Å²) in [6, 6.07) is 13.8. The van der Waals surface area contributed by atoms with Crippen LogP contribution in [0.15, 0.2) is 67.0 Å². The van der Waals surface area contributed by atoms with Crippen molar-refractivity contribution in [3.63, 3.8) is 0 Å². The molecule has 0 spiro atoms. The van der Waals surface area contributed by atoms with Gasteiger partial charge in [0.25, 0.3) is 0 Å². The number of likely N-dealkylation sites (tertiary alicyclic amines) is 1. The van der Waals surface area contributed by atoms with E-state index in [2.05, 4.69) is 20.4 Å². The summed E-state index contributed by atoms with van der Waals surface area (Å²) in [5, 5.41) is 10.5. The smallest absolute Gasteiger partial charge is 0.416 e. The number of hydrogen-bond acceptors (Lipinski definition) is 6. The van der Waals surface area contributed by atoms with E-state index >= 15 is 0 Å². The van der Waals surface area contributed by atoms with E-state index in [9.17, 15) is 22.8 Å². The van der Waals surface area contributed by atoms with E-state index in [1.807, 2.05) is 6.07 Å². The second kappa shape index (κ2) is 10.7. The molecule has 2 fully saturated rings. The molecule has 2 saturated heterocycles. The third kappa shape index (κ3) is 6.04. The van der Waals surface area contributed by atoms with Gasteiger partial charge in [-0.1, -0.05) is 18.2 Å². The average Bonchev–Trinajstić information content (AvgIpc) is 3.33. The maximum atomic E-state index is 12.9. The van der Waals surface area contributed by atoms with Crippen LogP contribution in [-0.2, 0) is 22.2 Å². The number of carbonyl (C=O) groups excluding carboxylic acids is 2. The van der Waals surface area contributed by atoms with Crippen molar-refractivity contribution in [3.8, 4) is 5.75 Å². The van der Waals surface area contributed by atoms with Gasteiger partial charge >= 0.3 is 6.18 Å². The first-order chi connectivity index (χ1) is 18.2. The van der Waals surface area contributed by atoms with Crippen LogP contribution in [0.2, 0.25) is 0 Å². The zero-order valence-electron chi connectivity index (χ0n) is 20.4. The molecule has 2 amide bonds. The van der Waals surface area contributed by atoms with Gasteiger partial charge in [-0.3, -0.25) is 9.59 Å². The van der Waals surface area contributed by atoms with Gasteiger partial charge in [-0.15, -0.1) is 0 Å². The van der Waals surface area contributed by atoms with Crippen molar-refractivity contribution in [3.05, 3.63) is 78.1 Å². The SMILES string of the molecule is O=C(Nc1ccc(O[C@@H]2CCN(C(=O)Cc3cccc(C(F)(F)F)c3)C2)cc1)C1CN(c2ccnnc2)C1. The van der Waals surface area contributed by atoms with Crippen molar-refractivity contribution in [2.24, 2.45) is 5.92 Å². The normalized spacial score (nSPS) is 17.7. The summed E-state index contributed by atoms with van der Waals surface area (Å²) < 4.78 is 44.8. The Bertz CT molecular complexity index is 1280. The maximum absolute atomic E-state index is 12.9. The summed E-state index contributed by atoms with van der Waals surface area (Å²) >= 11 is 0. The topological polar surface area (TPSA) is 87.7 Å². The van der Waals surface area contributed by atoms with E-state index < -0.39 is 11.7 Å². The van der Waals surface area contributed by atoms with Crippen LogP contribution < -0.4 is 15.0 Å². The molecule has 38 heavy (non-hydrogen) atoms. The van der Waals surface area contributed by atoms with Crippen molar-refractivity contribution in [1.82, 2.24) is 15.1 Å². The van der Waals surface area contributed by atoms with Gasteiger partial charge in [-0.05, 0) is 42.0 Å². The highest BCUT2D eigenvalue weighted by Gasteiger charge is 2.33. The molecule has 0 radical (unpaired) electrons. The molecule has 0 unspecified atom stereocenters. The van der Waals surface area contributed by atoms with Gasteiger partial charge in [0, 0.05) is 31.7 Å². The summed E-state index contributed by atoms with van der Waals surface area (Å²) in [6.07, 6.45) is -0.844. The van der Waals surface area contributed by atoms with Crippen molar-refractivity contribution in [2.45, 2.75) is 25.1 Å². The van der Waals surface area contributed by atoms with Gasteiger partial charge < -0.3 is 19.9 Å². The van der Waals surface area contributed by atoms with Crippen LogP contribution in [-0.4, -0.2) is 59.2 Å². The standard InChI is InChI=1S/C27H26F3N5O3/c28-27(29,30)20-3-1-2-18(12-20)13-25(36)34-11-9-24(17-34)38-23-6-4-21(5-7-23)33-26(37)19-15-35(16-19)22-8-10-31-32-14-22/h1-8,10,12,14,19,24H,9,11,13,15-17H2,(H,33,37)/t24-/m1/s1. The Morgan fingerprint density at radius 1 is 1.03 bits per heavy atom. The fourth-order valence-electron chi connectivity index (χ4n) is 4.57. The van der Waals surface area contributed by atoms with E-state index in [-0.39, 0.29) is 30.3 Å². The van der Waals surface area contributed by atoms with Crippen LogP contribution in [0.1, 0.15) is 17.5 Å². The maximum Gasteiger partial charge on any atom is 0.416 e. The summed E-state index contributed by atoms with van der Waals surface area (Å²) in [7, 11) is 0. The Morgan fingerprint density at radius 3 is 2.53 bits per heavy atom. The van der Waals surface area contributed by atoms with Crippen LogP contribution in [0.3, 0.4) is 0 Å². The van der Waals surface area contributed by atoms with Gasteiger partial charge in [0.05, 0.1) is 42.5 Å². The highest BCUT2D eigenvalue weighted by atomic mass is 19.4. The molecule has 1 aromatic heterocycles. The molecule has 0 saturated carbocycles. The Kier molecular flexibility index (Phi) is 7.17. The Labute approximate surface area is 217 Å². The third-order valence-corrected chi connectivity index (χ3v) is 6.72. The van der Waals surface area contributed by atoms with Crippen LogP contribution in [0, 0.1) is 5.92 Å². The molecule has 2 aromatic carbocycles. The number of nitrogens with one attached hydrogen (secondary N) is 1. The van der Waals surface area contributed by atoms with E-state index in [4.69, 9.17) is 4.74 Å². The average molecular weight is 526 g/mol. The van der Waals surface area contributed by atoms with Gasteiger partial charge in [0.1, 0.15) is 11.9 Å². The number of halogens is 3. The lowest BCUT2D eigenvalue weighted by atomic mass is 9.98. The molecule has 1 N–H and O–H groups in total. The second-order valence-corrected chi connectivity index (χ2v) is 9.46. The van der Waals surface area contributed by atoms with Crippen LogP contribution in [0.25, 0.3) is 0 Å². The summed E-state index contributed by atoms with van der Waals surface area (Å²) in [5.41, 5.74) is 1.17. The Morgan fingerprint density at radius 2 is 1.82 bits per heavy atom. The van der Waals surface area contributed by atoms with Crippen molar-refractivity contribution in [1.29, 1.82) is 0 Å². The molecule has 1 atom stereocenters. The first-order valence-electron chi connectivity index (χ1n) is 12.3. The number of carbonyl (C=O) groups is 2. The lowest BCUT2D eigenvalue weighted by molar-refractivity contribution is -0.138. The number of anilines is 2. The molecule has 8 nitrogen and oxygen atoms in total. The Hall–Kier alpha value is -4.15. The van der Waals surface area contributed by atoms with Crippen LogP contribution >= 0.6 is 0 Å². The second-order valence-electron chi connectivity index (χ2n) is 9.46. The molecule has 11 heteroatoms. The predicted molar refractivity (Wildman–Crippen MR) is 134 cm³/mol. The number of rotatable bonds is 7. The van der Waals surface area contributed by atoms with Crippen LogP contribution in [0.4, 0.5) is 24.5 Å². The minimum absolute atomic E-state index is 0.0531. The summed E-state index contributed by atoms with van der Waals surface area (Å²) in [4.78, 5) is 28.9. The highest BCUT2D eigenvalue weighted by molar-refractivity contribution is 5.94. The van der Waals surface area contributed by atoms with Crippen molar-refractivity contribution in [2.75, 3.05) is 36.4 Å². The third-order valence-electron chi connectivity index (χ3n) is 6.72. The first-order valence-corrected chi connectivity index (χ1v) is 12.3.